The van der Waals surface area contributed by atoms with E-state index in [0.29, 0.717) is 34.0 Å². The average molecular weight is 507 g/mol. The lowest BCUT2D eigenvalue weighted by Crippen LogP contribution is -2.22. The minimum absolute atomic E-state index is 0.199. The van der Waals surface area contributed by atoms with E-state index in [9.17, 15) is 19.2 Å². The van der Waals surface area contributed by atoms with E-state index in [1.165, 1.54) is 38.5 Å². The zero-order chi connectivity index (χ0) is 26.8. The zero-order valence-corrected chi connectivity index (χ0v) is 20.5. The summed E-state index contributed by atoms with van der Waals surface area (Å²) in [6, 6.07) is 22.4. The van der Waals surface area contributed by atoms with E-state index in [4.69, 9.17) is 9.47 Å². The molecule has 5 rings (SSSR count). The van der Waals surface area contributed by atoms with Gasteiger partial charge in [0.2, 0.25) is 0 Å². The molecule has 0 heterocycles. The number of methoxy groups -OCH3 is 2. The van der Waals surface area contributed by atoms with Crippen molar-refractivity contribution in [2.45, 2.75) is 0 Å². The number of benzene rings is 4. The standard InChI is InChI=1S/C30H22N2O6/c1-37-21-9-3-17(4-10-21)29(35)31-19-7-13-23-25(15-19)27(33)24-14-8-20(16-26(24)28(23)34)32-30(36)18-5-11-22(38-2)12-6-18/h3-16H,1-2H3,(H,31,35)(H,32,36). The highest BCUT2D eigenvalue weighted by atomic mass is 16.5. The summed E-state index contributed by atoms with van der Waals surface area (Å²) < 4.78 is 10.2. The topological polar surface area (TPSA) is 111 Å². The van der Waals surface area contributed by atoms with Gasteiger partial charge in [-0.2, -0.15) is 0 Å². The normalized spacial score (nSPS) is 11.7. The van der Waals surface area contributed by atoms with Gasteiger partial charge in [0.05, 0.1) is 14.2 Å². The predicted octanol–water partition coefficient (Wildman–Crippen LogP) is 4.98. The molecule has 1 aliphatic carbocycles. The van der Waals surface area contributed by atoms with E-state index >= 15 is 0 Å². The summed E-state index contributed by atoms with van der Waals surface area (Å²) in [6.45, 7) is 0. The van der Waals surface area contributed by atoms with Crippen molar-refractivity contribution in [1.29, 1.82) is 0 Å². The van der Waals surface area contributed by atoms with E-state index in [2.05, 4.69) is 10.6 Å². The van der Waals surface area contributed by atoms with Crippen LogP contribution in [-0.4, -0.2) is 37.6 Å². The Morgan fingerprint density at radius 1 is 0.526 bits per heavy atom. The first-order chi connectivity index (χ1) is 18.4. The molecule has 38 heavy (non-hydrogen) atoms. The second kappa shape index (κ2) is 10.0. The van der Waals surface area contributed by atoms with Gasteiger partial charge in [-0.25, -0.2) is 0 Å². The van der Waals surface area contributed by atoms with Crippen LogP contribution in [-0.2, 0) is 0 Å². The molecule has 0 unspecified atom stereocenters. The van der Waals surface area contributed by atoms with Crippen LogP contribution in [0.1, 0.15) is 52.6 Å². The third-order valence-electron chi connectivity index (χ3n) is 6.24. The van der Waals surface area contributed by atoms with E-state index in [-0.39, 0.29) is 45.6 Å². The Bertz CT molecular complexity index is 1470. The van der Waals surface area contributed by atoms with Gasteiger partial charge < -0.3 is 20.1 Å². The number of rotatable bonds is 6. The lowest BCUT2D eigenvalue weighted by molar-refractivity contribution is 0.0979. The monoisotopic (exact) mass is 506 g/mol. The molecule has 0 saturated carbocycles. The zero-order valence-electron chi connectivity index (χ0n) is 20.5. The molecular weight excluding hydrogens is 484 g/mol. The molecule has 188 valence electrons. The van der Waals surface area contributed by atoms with Gasteiger partial charge in [-0.05, 0) is 84.9 Å². The van der Waals surface area contributed by atoms with E-state index < -0.39 is 0 Å². The fourth-order valence-corrected chi connectivity index (χ4v) is 4.20. The Labute approximate surface area is 218 Å². The average Bonchev–Trinajstić information content (AvgIpc) is 2.96. The first kappa shape index (κ1) is 24.5. The number of nitrogens with one attached hydrogen (secondary N) is 2. The van der Waals surface area contributed by atoms with Crippen molar-refractivity contribution in [3.05, 3.63) is 118 Å². The highest BCUT2D eigenvalue weighted by Gasteiger charge is 2.30. The third-order valence-corrected chi connectivity index (χ3v) is 6.24. The smallest absolute Gasteiger partial charge is 0.255 e. The van der Waals surface area contributed by atoms with Gasteiger partial charge in [-0.15, -0.1) is 0 Å². The maximum Gasteiger partial charge on any atom is 0.255 e. The molecule has 0 saturated heterocycles. The van der Waals surface area contributed by atoms with E-state index in [1.54, 1.807) is 60.7 Å². The van der Waals surface area contributed by atoms with Crippen molar-refractivity contribution in [1.82, 2.24) is 0 Å². The molecule has 0 spiro atoms. The Balaban J connectivity index is 1.36. The maximum atomic E-state index is 13.3. The molecule has 1 aliphatic rings. The van der Waals surface area contributed by atoms with Crippen LogP contribution in [0.15, 0.2) is 84.9 Å². The molecule has 0 fully saturated rings. The summed E-state index contributed by atoms with van der Waals surface area (Å²) in [7, 11) is 3.08. The first-order valence-corrected chi connectivity index (χ1v) is 11.7. The number of fused-ring (bicyclic) bond motifs is 2. The number of amides is 2. The predicted molar refractivity (Wildman–Crippen MR) is 142 cm³/mol. The third kappa shape index (κ3) is 4.62. The fraction of sp³-hybridized carbons (Fsp3) is 0.0667. The second-order valence-corrected chi connectivity index (χ2v) is 8.54. The van der Waals surface area contributed by atoms with Crippen LogP contribution in [0.3, 0.4) is 0 Å². The van der Waals surface area contributed by atoms with Crippen LogP contribution >= 0.6 is 0 Å². The number of anilines is 2. The number of carbonyl (C=O) groups excluding carboxylic acids is 4. The second-order valence-electron chi connectivity index (χ2n) is 8.54. The number of hydrogen-bond acceptors (Lipinski definition) is 6. The molecule has 0 aromatic heterocycles. The van der Waals surface area contributed by atoms with Crippen molar-refractivity contribution in [2.24, 2.45) is 0 Å². The number of ether oxygens (including phenoxy) is 2. The Hall–Kier alpha value is -5.24. The molecule has 8 nitrogen and oxygen atoms in total. The SMILES string of the molecule is COc1ccc(C(=O)Nc2ccc3c(c2)C(=O)c2ccc(NC(=O)c4ccc(OC)cc4)cc2C3=O)cc1. The number of hydrogen-bond donors (Lipinski definition) is 2. The summed E-state index contributed by atoms with van der Waals surface area (Å²) in [6.07, 6.45) is 0. The van der Waals surface area contributed by atoms with E-state index in [0.717, 1.165) is 0 Å². The number of ketones is 2. The summed E-state index contributed by atoms with van der Waals surface area (Å²) >= 11 is 0. The van der Waals surface area contributed by atoms with Gasteiger partial charge in [-0.1, -0.05) is 0 Å². The van der Waals surface area contributed by atoms with Crippen molar-refractivity contribution >= 4 is 34.8 Å². The maximum absolute atomic E-state index is 13.3. The highest BCUT2D eigenvalue weighted by Crippen LogP contribution is 2.31. The van der Waals surface area contributed by atoms with Crippen molar-refractivity contribution < 1.29 is 28.7 Å². The van der Waals surface area contributed by atoms with Gasteiger partial charge in [0, 0.05) is 44.8 Å². The highest BCUT2D eigenvalue weighted by molar-refractivity contribution is 6.29. The fourth-order valence-electron chi connectivity index (χ4n) is 4.20. The minimum atomic E-state index is -0.361. The van der Waals surface area contributed by atoms with Crippen LogP contribution in [0.25, 0.3) is 0 Å². The first-order valence-electron chi connectivity index (χ1n) is 11.7. The summed E-state index contributed by atoms with van der Waals surface area (Å²) in [5, 5.41) is 5.52. The van der Waals surface area contributed by atoms with Crippen LogP contribution in [0.2, 0.25) is 0 Å². The summed E-state index contributed by atoms with van der Waals surface area (Å²) in [5.74, 6) is -0.158. The molecule has 0 atom stereocenters. The summed E-state index contributed by atoms with van der Waals surface area (Å²) in [4.78, 5) is 51.8. The molecule has 8 heteroatoms. The van der Waals surface area contributed by atoms with E-state index in [1.807, 2.05) is 0 Å². The molecule has 0 bridgehead atoms. The lowest BCUT2D eigenvalue weighted by atomic mass is 9.83. The van der Waals surface area contributed by atoms with Crippen molar-refractivity contribution in [2.75, 3.05) is 24.9 Å². The van der Waals surface area contributed by atoms with Gasteiger partial charge in [-0.3, -0.25) is 19.2 Å². The van der Waals surface area contributed by atoms with Crippen molar-refractivity contribution in [3.8, 4) is 11.5 Å². The van der Waals surface area contributed by atoms with Crippen LogP contribution in [0, 0.1) is 0 Å². The van der Waals surface area contributed by atoms with Gasteiger partial charge in [0.25, 0.3) is 11.8 Å². The Kier molecular flexibility index (Phi) is 6.45. The number of carbonyl (C=O) groups is 4. The van der Waals surface area contributed by atoms with Gasteiger partial charge in [0.15, 0.2) is 11.6 Å². The molecule has 4 aromatic carbocycles. The molecule has 2 N–H and O–H groups in total. The largest absolute Gasteiger partial charge is 0.497 e. The molecular formula is C30H22N2O6. The Morgan fingerprint density at radius 2 is 0.895 bits per heavy atom. The van der Waals surface area contributed by atoms with Crippen LogP contribution in [0.4, 0.5) is 11.4 Å². The van der Waals surface area contributed by atoms with Gasteiger partial charge >= 0.3 is 0 Å². The molecule has 2 amide bonds. The van der Waals surface area contributed by atoms with Crippen LogP contribution < -0.4 is 20.1 Å². The Morgan fingerprint density at radius 3 is 1.24 bits per heavy atom. The molecule has 0 aliphatic heterocycles. The quantitative estimate of drug-likeness (QED) is 0.336. The van der Waals surface area contributed by atoms with Gasteiger partial charge in [0.1, 0.15) is 11.5 Å². The minimum Gasteiger partial charge on any atom is -0.497 e. The summed E-state index contributed by atoms with van der Waals surface area (Å²) in [5.41, 5.74) is 2.46. The molecule has 0 radical (unpaired) electrons. The lowest BCUT2D eigenvalue weighted by Gasteiger charge is -2.19. The van der Waals surface area contributed by atoms with Crippen LogP contribution in [0.5, 0.6) is 11.5 Å². The molecule has 4 aromatic rings. The van der Waals surface area contributed by atoms with Crippen molar-refractivity contribution in [3.63, 3.8) is 0 Å².